The van der Waals surface area contributed by atoms with Crippen LogP contribution in [0.15, 0.2) is 48.5 Å². The van der Waals surface area contributed by atoms with Crippen LogP contribution in [0.5, 0.6) is 0 Å². The van der Waals surface area contributed by atoms with Crippen LogP contribution < -0.4 is 0 Å². The highest BCUT2D eigenvalue weighted by molar-refractivity contribution is 5.29. The molecule has 0 spiro atoms. The monoisotopic (exact) mass is 394 g/mol. The SMILES string of the molecule is CC(C)C.CC(C)C.c1ccc2c(c1)CCCC2.c1ccc2c(c1)CCCCC2. The fourth-order valence-corrected chi connectivity index (χ4v) is 3.53. The third-order valence-corrected chi connectivity index (χ3v) is 4.77. The smallest absolute Gasteiger partial charge is 0.0276 e. The standard InChI is InChI=1S/C11H14.C10H12.2C4H10/c1-2-6-10-8-4-5-9-11(10)7-3-1;1-2-6-10-8-4-3-7-9(10)5-1;2*1-4(2)3/h4-5,8-9H,1-3,6-7H2;1-2,5-6H,3-4,7-8H2;2*4H,1-3H3. The Morgan fingerprint density at radius 2 is 0.621 bits per heavy atom. The molecule has 0 nitrogen and oxygen atoms in total. The van der Waals surface area contributed by atoms with Gasteiger partial charge in [0.2, 0.25) is 0 Å². The Bertz CT molecular complexity index is 589. The van der Waals surface area contributed by atoms with Crippen molar-refractivity contribution in [1.29, 1.82) is 0 Å². The zero-order valence-corrected chi connectivity index (χ0v) is 20.1. The third-order valence-electron chi connectivity index (χ3n) is 4.77. The topological polar surface area (TPSA) is 0 Å². The largest absolute Gasteiger partial charge is 0.0630 e. The zero-order valence-electron chi connectivity index (χ0n) is 20.1. The molecule has 2 aliphatic rings. The highest BCUT2D eigenvalue weighted by Gasteiger charge is 2.06. The molecule has 0 bridgehead atoms. The van der Waals surface area contributed by atoms with Gasteiger partial charge < -0.3 is 0 Å². The molecule has 0 unspecified atom stereocenters. The summed E-state index contributed by atoms with van der Waals surface area (Å²) in [5.74, 6) is 1.67. The van der Waals surface area contributed by atoms with Crippen molar-refractivity contribution < 1.29 is 0 Å². The predicted octanol–water partition coefficient (Wildman–Crippen LogP) is 8.85. The molecule has 29 heavy (non-hydrogen) atoms. The van der Waals surface area contributed by atoms with E-state index in [1.54, 1.807) is 22.3 Å². The van der Waals surface area contributed by atoms with Crippen molar-refractivity contribution in [2.24, 2.45) is 11.8 Å². The van der Waals surface area contributed by atoms with Gasteiger partial charge in [0.15, 0.2) is 0 Å². The molecular formula is C29H46. The first-order chi connectivity index (χ1) is 13.9. The summed E-state index contributed by atoms with van der Waals surface area (Å²) in [7, 11) is 0. The zero-order chi connectivity index (χ0) is 21.5. The minimum absolute atomic E-state index is 0.833. The number of hydrogen-bond donors (Lipinski definition) is 0. The Morgan fingerprint density at radius 3 is 0.862 bits per heavy atom. The van der Waals surface area contributed by atoms with Gasteiger partial charge in [0.25, 0.3) is 0 Å². The van der Waals surface area contributed by atoms with E-state index >= 15 is 0 Å². The molecule has 0 aromatic heterocycles. The lowest BCUT2D eigenvalue weighted by Gasteiger charge is -2.13. The summed E-state index contributed by atoms with van der Waals surface area (Å²) in [5, 5.41) is 0. The van der Waals surface area contributed by atoms with Gasteiger partial charge in [-0.05, 0) is 85.5 Å². The number of hydrogen-bond acceptors (Lipinski definition) is 0. The molecule has 0 heterocycles. The van der Waals surface area contributed by atoms with Crippen molar-refractivity contribution in [3.05, 3.63) is 70.8 Å². The van der Waals surface area contributed by atoms with E-state index in [0.717, 1.165) is 11.8 Å². The number of fused-ring (bicyclic) bond motifs is 2. The average molecular weight is 395 g/mol. The van der Waals surface area contributed by atoms with Crippen molar-refractivity contribution >= 4 is 0 Å². The van der Waals surface area contributed by atoms with E-state index in [4.69, 9.17) is 0 Å². The lowest BCUT2D eigenvalue weighted by molar-refractivity contribution is 0.685. The van der Waals surface area contributed by atoms with Gasteiger partial charge in [0.05, 0.1) is 0 Å². The Kier molecular flexibility index (Phi) is 13.4. The van der Waals surface area contributed by atoms with E-state index in [9.17, 15) is 0 Å². The third kappa shape index (κ3) is 12.6. The molecule has 2 aromatic carbocycles. The van der Waals surface area contributed by atoms with Gasteiger partial charge in [-0.25, -0.2) is 0 Å². The molecule has 4 rings (SSSR count). The Balaban J connectivity index is 0.000000215. The molecule has 0 amide bonds. The second kappa shape index (κ2) is 15.3. The second-order valence-electron chi connectivity index (χ2n) is 9.77. The first-order valence-corrected chi connectivity index (χ1v) is 12.0. The summed E-state index contributed by atoms with van der Waals surface area (Å²) in [6.45, 7) is 13.0. The van der Waals surface area contributed by atoms with Crippen LogP contribution in [0.2, 0.25) is 0 Å². The second-order valence-corrected chi connectivity index (χ2v) is 9.77. The van der Waals surface area contributed by atoms with E-state index in [2.05, 4.69) is 90.1 Å². The van der Waals surface area contributed by atoms with Gasteiger partial charge in [-0.3, -0.25) is 0 Å². The van der Waals surface area contributed by atoms with Gasteiger partial charge in [0, 0.05) is 0 Å². The summed E-state index contributed by atoms with van der Waals surface area (Å²) in [6.07, 6.45) is 12.2. The Labute approximate surface area is 182 Å². The van der Waals surface area contributed by atoms with Crippen LogP contribution in [0, 0.1) is 11.8 Å². The summed E-state index contributed by atoms with van der Waals surface area (Å²) in [4.78, 5) is 0. The summed E-state index contributed by atoms with van der Waals surface area (Å²) >= 11 is 0. The van der Waals surface area contributed by atoms with Crippen molar-refractivity contribution in [3.63, 3.8) is 0 Å². The number of rotatable bonds is 0. The summed E-state index contributed by atoms with van der Waals surface area (Å²) < 4.78 is 0. The van der Waals surface area contributed by atoms with E-state index in [0.29, 0.717) is 0 Å². The minimum Gasteiger partial charge on any atom is -0.0630 e. The van der Waals surface area contributed by atoms with Crippen molar-refractivity contribution in [3.8, 4) is 0 Å². The molecule has 0 N–H and O–H groups in total. The maximum absolute atomic E-state index is 2.28. The van der Waals surface area contributed by atoms with Crippen LogP contribution >= 0.6 is 0 Å². The van der Waals surface area contributed by atoms with Crippen molar-refractivity contribution in [2.45, 2.75) is 99.3 Å². The van der Waals surface area contributed by atoms with Crippen LogP contribution in [0.25, 0.3) is 0 Å². The van der Waals surface area contributed by atoms with Gasteiger partial charge in [-0.15, -0.1) is 0 Å². The van der Waals surface area contributed by atoms with E-state index < -0.39 is 0 Å². The molecule has 2 aromatic rings. The molecular weight excluding hydrogens is 348 g/mol. The van der Waals surface area contributed by atoms with Crippen molar-refractivity contribution in [2.75, 3.05) is 0 Å². The average Bonchev–Trinajstić information content (AvgIpc) is 2.93. The summed E-state index contributed by atoms with van der Waals surface area (Å²) in [5.41, 5.74) is 6.33. The Morgan fingerprint density at radius 1 is 0.414 bits per heavy atom. The highest BCUT2D eigenvalue weighted by Crippen LogP contribution is 2.20. The first-order valence-electron chi connectivity index (χ1n) is 12.0. The fourth-order valence-electron chi connectivity index (χ4n) is 3.53. The minimum atomic E-state index is 0.833. The first kappa shape index (κ1) is 25.5. The maximum Gasteiger partial charge on any atom is -0.0276 e. The van der Waals surface area contributed by atoms with Crippen LogP contribution in [0.4, 0.5) is 0 Å². The normalized spacial score (nSPS) is 14.6. The Hall–Kier alpha value is -1.56. The van der Waals surface area contributed by atoms with Crippen LogP contribution in [0.3, 0.4) is 0 Å². The van der Waals surface area contributed by atoms with Gasteiger partial charge in [-0.1, -0.05) is 96.5 Å². The van der Waals surface area contributed by atoms with Gasteiger partial charge in [0.1, 0.15) is 0 Å². The van der Waals surface area contributed by atoms with Gasteiger partial charge in [-0.2, -0.15) is 0 Å². The van der Waals surface area contributed by atoms with E-state index in [1.165, 1.54) is 57.8 Å². The molecule has 0 heteroatoms. The maximum atomic E-state index is 2.28. The van der Waals surface area contributed by atoms with E-state index in [1.807, 2.05) is 0 Å². The quantitative estimate of drug-likeness (QED) is 0.391. The van der Waals surface area contributed by atoms with Crippen molar-refractivity contribution in [1.82, 2.24) is 0 Å². The molecule has 0 atom stereocenters. The molecule has 162 valence electrons. The fraction of sp³-hybridized carbons (Fsp3) is 0.586. The lowest BCUT2D eigenvalue weighted by atomic mass is 9.92. The van der Waals surface area contributed by atoms with Gasteiger partial charge >= 0.3 is 0 Å². The number of benzene rings is 2. The summed E-state index contributed by atoms with van der Waals surface area (Å²) in [6, 6.07) is 17.7. The highest BCUT2D eigenvalue weighted by atomic mass is 14.1. The molecule has 0 fully saturated rings. The van der Waals surface area contributed by atoms with E-state index in [-0.39, 0.29) is 0 Å². The van der Waals surface area contributed by atoms with Crippen LogP contribution in [-0.2, 0) is 25.7 Å². The molecule has 0 aliphatic heterocycles. The van der Waals surface area contributed by atoms with Crippen LogP contribution in [0.1, 0.15) is 95.9 Å². The number of aryl methyl sites for hydroxylation is 4. The van der Waals surface area contributed by atoms with Crippen LogP contribution in [-0.4, -0.2) is 0 Å². The predicted molar refractivity (Wildman–Crippen MR) is 132 cm³/mol. The molecule has 0 radical (unpaired) electrons. The molecule has 0 saturated heterocycles. The lowest BCUT2D eigenvalue weighted by Crippen LogP contribution is -2.00. The molecule has 0 saturated carbocycles. The molecule has 2 aliphatic carbocycles.